The van der Waals surface area contributed by atoms with Crippen molar-refractivity contribution in [3.05, 3.63) is 66.5 Å². The fraction of sp³-hybridized carbons (Fsp3) is 0.200. The number of ether oxygens (including phenoxy) is 2. The Balaban J connectivity index is 1.71. The smallest absolute Gasteiger partial charge is 0.294 e. The van der Waals surface area contributed by atoms with Gasteiger partial charge in [-0.05, 0) is 64.5 Å². The lowest BCUT2D eigenvalue weighted by molar-refractivity contribution is -0.130. The van der Waals surface area contributed by atoms with Crippen LogP contribution in [0.5, 0.6) is 11.5 Å². The Morgan fingerprint density at radius 3 is 2.62 bits per heavy atom. The second-order valence-corrected chi connectivity index (χ2v) is 6.79. The van der Waals surface area contributed by atoms with E-state index in [-0.39, 0.29) is 0 Å². The molecule has 2 aromatic carbocycles. The van der Waals surface area contributed by atoms with Gasteiger partial charge >= 0.3 is 0 Å². The summed E-state index contributed by atoms with van der Waals surface area (Å²) in [6.07, 6.45) is 1.91. The van der Waals surface area contributed by atoms with Crippen LogP contribution in [0.3, 0.4) is 0 Å². The first kappa shape index (κ1) is 18.4. The van der Waals surface area contributed by atoms with Crippen LogP contribution in [0.2, 0.25) is 0 Å². The third kappa shape index (κ3) is 4.80. The van der Waals surface area contributed by atoms with E-state index in [0.29, 0.717) is 25.0 Å². The van der Waals surface area contributed by atoms with E-state index in [1.54, 1.807) is 6.20 Å². The largest absolute Gasteiger partial charge is 0.457 e. The number of hydrogen-bond acceptors (Lipinski definition) is 5. The molecule has 3 rings (SSSR count). The highest BCUT2D eigenvalue weighted by molar-refractivity contribution is 9.09. The summed E-state index contributed by atoms with van der Waals surface area (Å²) in [6.45, 7) is 0.384. The van der Waals surface area contributed by atoms with Crippen LogP contribution in [-0.4, -0.2) is 21.6 Å². The Morgan fingerprint density at radius 1 is 1.04 bits per heavy atom. The van der Waals surface area contributed by atoms with E-state index in [1.165, 1.54) is 0 Å². The van der Waals surface area contributed by atoms with Crippen molar-refractivity contribution >= 4 is 33.2 Å². The summed E-state index contributed by atoms with van der Waals surface area (Å²) in [5.74, 6) is 1.50. The molecule has 0 aliphatic carbocycles. The van der Waals surface area contributed by atoms with E-state index in [0.717, 1.165) is 22.3 Å². The summed E-state index contributed by atoms with van der Waals surface area (Å²) in [5, 5.41) is 11.8. The number of aliphatic hydroxyl groups excluding tert-OH is 1. The Labute approximate surface area is 159 Å². The number of halogens is 1. The molecule has 26 heavy (non-hydrogen) atoms. The van der Waals surface area contributed by atoms with Gasteiger partial charge in [0.1, 0.15) is 11.5 Å². The number of benzene rings is 2. The van der Waals surface area contributed by atoms with Crippen LogP contribution >= 0.6 is 15.9 Å². The lowest BCUT2D eigenvalue weighted by Gasteiger charge is -2.13. The molecular formula is C20H18BrNO4. The van der Waals surface area contributed by atoms with Gasteiger partial charge in [-0.1, -0.05) is 24.3 Å². The van der Waals surface area contributed by atoms with Crippen LogP contribution in [0, 0.1) is 0 Å². The van der Waals surface area contributed by atoms with Crippen molar-refractivity contribution in [3.63, 3.8) is 0 Å². The van der Waals surface area contributed by atoms with Gasteiger partial charge in [0.2, 0.25) is 0 Å². The molecule has 0 spiro atoms. The Hall–Kier alpha value is -2.44. The predicted octanol–water partition coefficient (Wildman–Crippen LogP) is 4.73. The molecule has 1 aromatic heterocycles. The second-order valence-electron chi connectivity index (χ2n) is 5.77. The lowest BCUT2D eigenvalue weighted by Crippen LogP contribution is -2.07. The van der Waals surface area contributed by atoms with E-state index in [4.69, 9.17) is 9.47 Å². The van der Waals surface area contributed by atoms with Gasteiger partial charge < -0.3 is 14.6 Å². The third-order valence-corrected chi connectivity index (χ3v) is 4.58. The maximum atomic E-state index is 10.3. The molecule has 1 heterocycles. The molecule has 2 atom stereocenters. The van der Waals surface area contributed by atoms with Crippen LogP contribution in [0.25, 0.3) is 10.8 Å². The van der Waals surface area contributed by atoms with Crippen molar-refractivity contribution in [2.24, 2.45) is 0 Å². The summed E-state index contributed by atoms with van der Waals surface area (Å²) in [4.78, 5) is 14.6. The molecule has 0 amide bonds. The highest BCUT2D eigenvalue weighted by atomic mass is 79.9. The number of pyridine rings is 1. The highest BCUT2D eigenvalue weighted by Gasteiger charge is 2.13. The van der Waals surface area contributed by atoms with Gasteiger partial charge in [-0.15, -0.1) is 0 Å². The van der Waals surface area contributed by atoms with Crippen LogP contribution in [0.1, 0.15) is 24.6 Å². The van der Waals surface area contributed by atoms with Crippen molar-refractivity contribution in [3.8, 4) is 11.5 Å². The van der Waals surface area contributed by atoms with Gasteiger partial charge in [-0.3, -0.25) is 9.78 Å². The van der Waals surface area contributed by atoms with E-state index in [2.05, 4.69) is 20.9 Å². The molecule has 0 saturated carbocycles. The number of carbonyl (C=O) groups excluding carboxylic acids is 1. The number of alkyl halides is 1. The zero-order valence-electron chi connectivity index (χ0n) is 13.9. The van der Waals surface area contributed by atoms with Crippen molar-refractivity contribution in [1.82, 2.24) is 4.98 Å². The average Bonchev–Trinajstić information content (AvgIpc) is 2.67. The standard InChI is InChI=1S/C20H18BrNO4/c21-20(25-13-23)9-8-19(24)18-11-14-6-7-17(10-15(14)12-22-18)26-16-4-2-1-3-5-16/h1-7,10-13,19-20,24H,8-9H2. The topological polar surface area (TPSA) is 68.7 Å². The normalized spacial score (nSPS) is 13.2. The molecule has 0 fully saturated rings. The summed E-state index contributed by atoms with van der Waals surface area (Å²) in [6, 6.07) is 17.2. The SMILES string of the molecule is O=COC(Br)CCC(O)c1cc2ccc(Oc3ccccc3)cc2cn1. The zero-order valence-corrected chi connectivity index (χ0v) is 15.5. The molecule has 2 unspecified atom stereocenters. The van der Waals surface area contributed by atoms with Crippen molar-refractivity contribution < 1.29 is 19.4 Å². The first-order chi connectivity index (χ1) is 12.7. The zero-order chi connectivity index (χ0) is 18.4. The summed E-state index contributed by atoms with van der Waals surface area (Å²) in [7, 11) is 0. The Bertz CT molecular complexity index is 872. The van der Waals surface area contributed by atoms with Gasteiger partial charge in [-0.2, -0.15) is 0 Å². The van der Waals surface area contributed by atoms with Gasteiger partial charge in [0.05, 0.1) is 11.8 Å². The molecule has 0 bridgehead atoms. The number of aromatic nitrogens is 1. The molecule has 1 N–H and O–H groups in total. The van der Waals surface area contributed by atoms with Crippen molar-refractivity contribution in [2.45, 2.75) is 24.0 Å². The molecular weight excluding hydrogens is 398 g/mol. The van der Waals surface area contributed by atoms with Gasteiger partial charge in [0.25, 0.3) is 6.47 Å². The van der Waals surface area contributed by atoms with Crippen LogP contribution in [0.4, 0.5) is 0 Å². The van der Waals surface area contributed by atoms with Gasteiger partial charge in [-0.25, -0.2) is 0 Å². The van der Waals surface area contributed by atoms with Crippen LogP contribution in [0.15, 0.2) is 60.8 Å². The Kier molecular flexibility index (Phi) is 6.20. The first-order valence-corrected chi connectivity index (χ1v) is 9.11. The van der Waals surface area contributed by atoms with Crippen LogP contribution in [-0.2, 0) is 9.53 Å². The number of fused-ring (bicyclic) bond motifs is 1. The van der Waals surface area contributed by atoms with Crippen molar-refractivity contribution in [1.29, 1.82) is 0 Å². The maximum absolute atomic E-state index is 10.3. The van der Waals surface area contributed by atoms with E-state index >= 15 is 0 Å². The minimum absolute atomic E-state index is 0.384. The summed E-state index contributed by atoms with van der Waals surface area (Å²) >= 11 is 3.22. The predicted molar refractivity (Wildman–Crippen MR) is 102 cm³/mol. The minimum Gasteiger partial charge on any atom is -0.457 e. The van der Waals surface area contributed by atoms with Crippen molar-refractivity contribution in [2.75, 3.05) is 0 Å². The summed E-state index contributed by atoms with van der Waals surface area (Å²) < 4.78 is 10.6. The number of para-hydroxylation sites is 1. The summed E-state index contributed by atoms with van der Waals surface area (Å²) in [5.41, 5.74) is 0.583. The Morgan fingerprint density at radius 2 is 1.85 bits per heavy atom. The molecule has 6 heteroatoms. The third-order valence-electron chi connectivity index (χ3n) is 3.90. The lowest BCUT2D eigenvalue weighted by atomic mass is 10.1. The fourth-order valence-corrected chi connectivity index (χ4v) is 2.92. The number of nitrogens with zero attached hydrogens (tertiary/aromatic N) is 1. The highest BCUT2D eigenvalue weighted by Crippen LogP contribution is 2.27. The minimum atomic E-state index is -0.727. The monoisotopic (exact) mass is 415 g/mol. The number of carbonyl (C=O) groups is 1. The van der Waals surface area contributed by atoms with Gasteiger partial charge in [0, 0.05) is 11.6 Å². The van der Waals surface area contributed by atoms with Crippen LogP contribution < -0.4 is 4.74 Å². The van der Waals surface area contributed by atoms with E-state index in [1.807, 2.05) is 54.6 Å². The van der Waals surface area contributed by atoms with E-state index in [9.17, 15) is 9.90 Å². The average molecular weight is 416 g/mol. The molecule has 3 aromatic rings. The molecule has 0 aliphatic heterocycles. The molecule has 0 saturated heterocycles. The quantitative estimate of drug-likeness (QED) is 0.425. The number of rotatable bonds is 8. The molecule has 134 valence electrons. The first-order valence-electron chi connectivity index (χ1n) is 8.19. The number of hydrogen-bond donors (Lipinski definition) is 1. The number of aliphatic hydroxyl groups is 1. The van der Waals surface area contributed by atoms with Gasteiger partial charge in [0.15, 0.2) is 5.01 Å². The second kappa shape index (κ2) is 8.78. The molecule has 5 nitrogen and oxygen atoms in total. The van der Waals surface area contributed by atoms with E-state index < -0.39 is 11.1 Å². The molecule has 0 radical (unpaired) electrons. The maximum Gasteiger partial charge on any atom is 0.294 e. The molecule has 0 aliphatic rings. The fourth-order valence-electron chi connectivity index (χ4n) is 2.57.